The number of hydrogen-bond donors (Lipinski definition) is 1. The van der Waals surface area contributed by atoms with Gasteiger partial charge < -0.3 is 10.2 Å². The van der Waals surface area contributed by atoms with E-state index in [-0.39, 0.29) is 28.0 Å². The van der Waals surface area contributed by atoms with E-state index < -0.39 is 0 Å². The molecule has 0 radical (unpaired) electrons. The number of pyridine rings is 1. The molecule has 1 aliphatic heterocycles. The number of nitrogens with one attached hydrogen (secondary N) is 1. The second-order valence-corrected chi connectivity index (χ2v) is 5.52. The van der Waals surface area contributed by atoms with Crippen LogP contribution in [0.2, 0.25) is 10.2 Å². The van der Waals surface area contributed by atoms with Crippen LogP contribution < -0.4 is 5.32 Å². The number of piperidine rings is 1. The highest BCUT2D eigenvalue weighted by molar-refractivity contribution is 6.41. The van der Waals surface area contributed by atoms with E-state index in [0.29, 0.717) is 18.7 Å². The summed E-state index contributed by atoms with van der Waals surface area (Å²) in [5, 5.41) is 3.36. The number of likely N-dealkylation sites (tertiary alicyclic amines) is 1. The molecular formula is C13H15Cl2N3O2. The van der Waals surface area contributed by atoms with Crippen molar-refractivity contribution in [1.29, 1.82) is 0 Å². The van der Waals surface area contributed by atoms with Crippen LogP contribution in [0, 0.1) is 0 Å². The second-order valence-electron chi connectivity index (χ2n) is 4.75. The van der Waals surface area contributed by atoms with E-state index in [0.717, 1.165) is 12.8 Å². The van der Waals surface area contributed by atoms with Crippen LogP contribution >= 0.6 is 23.2 Å². The zero-order valence-corrected chi connectivity index (χ0v) is 12.5. The van der Waals surface area contributed by atoms with Gasteiger partial charge in [-0.2, -0.15) is 0 Å². The minimum Gasteiger partial charge on any atom is -0.349 e. The number of halogens is 2. The minimum atomic E-state index is -0.225. The van der Waals surface area contributed by atoms with Crippen LogP contribution in [0.25, 0.3) is 0 Å². The Bertz CT molecular complexity index is 528. The van der Waals surface area contributed by atoms with Crippen molar-refractivity contribution in [3.05, 3.63) is 28.0 Å². The molecule has 1 aliphatic rings. The Morgan fingerprint density at radius 3 is 2.55 bits per heavy atom. The molecule has 7 heteroatoms. The third kappa shape index (κ3) is 3.61. The summed E-state index contributed by atoms with van der Waals surface area (Å²) in [5.41, 5.74) is 0.383. The molecule has 0 atom stereocenters. The number of carbonyl (C=O) groups excluding carboxylic acids is 2. The molecule has 20 heavy (non-hydrogen) atoms. The van der Waals surface area contributed by atoms with E-state index in [1.54, 1.807) is 11.8 Å². The fourth-order valence-corrected chi connectivity index (χ4v) is 2.42. The van der Waals surface area contributed by atoms with Gasteiger partial charge in [-0.1, -0.05) is 23.2 Å². The minimum absolute atomic E-state index is 0.0625. The summed E-state index contributed by atoms with van der Waals surface area (Å²) < 4.78 is 0. The summed E-state index contributed by atoms with van der Waals surface area (Å²) in [4.78, 5) is 28.9. The lowest BCUT2D eigenvalue weighted by Crippen LogP contribution is -2.46. The molecule has 0 saturated carbocycles. The number of nitrogens with zero attached hydrogens (tertiary/aromatic N) is 2. The van der Waals surface area contributed by atoms with Crippen LogP contribution in [0.15, 0.2) is 12.3 Å². The Balaban J connectivity index is 1.92. The van der Waals surface area contributed by atoms with E-state index in [4.69, 9.17) is 23.2 Å². The lowest BCUT2D eigenvalue weighted by molar-refractivity contribution is -0.129. The number of carbonyl (C=O) groups is 2. The molecule has 2 amide bonds. The number of hydrogen-bond acceptors (Lipinski definition) is 3. The van der Waals surface area contributed by atoms with E-state index in [1.165, 1.54) is 12.3 Å². The van der Waals surface area contributed by atoms with Gasteiger partial charge in [-0.3, -0.25) is 9.59 Å². The molecule has 1 N–H and O–H groups in total. The molecule has 2 rings (SSSR count). The summed E-state index contributed by atoms with van der Waals surface area (Å²) in [6.07, 6.45) is 2.90. The molecule has 1 fully saturated rings. The first-order valence-corrected chi connectivity index (χ1v) is 7.10. The molecule has 0 spiro atoms. The molecule has 2 heterocycles. The molecular weight excluding hydrogens is 301 g/mol. The predicted molar refractivity (Wildman–Crippen MR) is 77.0 cm³/mol. The fraction of sp³-hybridized carbons (Fsp3) is 0.462. The quantitative estimate of drug-likeness (QED) is 0.850. The van der Waals surface area contributed by atoms with Crippen LogP contribution in [0.5, 0.6) is 0 Å². The first kappa shape index (κ1) is 15.1. The van der Waals surface area contributed by atoms with Gasteiger partial charge in [0.15, 0.2) is 0 Å². The maximum Gasteiger partial charge on any atom is 0.253 e. The number of aromatic nitrogens is 1. The monoisotopic (exact) mass is 315 g/mol. The smallest absolute Gasteiger partial charge is 0.253 e. The first-order valence-electron chi connectivity index (χ1n) is 6.35. The summed E-state index contributed by atoms with van der Waals surface area (Å²) in [6.45, 7) is 2.89. The van der Waals surface area contributed by atoms with Crippen LogP contribution in [0.3, 0.4) is 0 Å². The van der Waals surface area contributed by atoms with E-state index >= 15 is 0 Å². The van der Waals surface area contributed by atoms with Crippen LogP contribution in [-0.2, 0) is 4.79 Å². The van der Waals surface area contributed by atoms with Gasteiger partial charge in [-0.25, -0.2) is 4.98 Å². The molecule has 108 valence electrons. The van der Waals surface area contributed by atoms with Gasteiger partial charge in [0.05, 0.1) is 10.6 Å². The zero-order valence-electron chi connectivity index (χ0n) is 11.0. The summed E-state index contributed by atoms with van der Waals surface area (Å²) in [7, 11) is 0. The first-order chi connectivity index (χ1) is 9.47. The van der Waals surface area contributed by atoms with Crippen LogP contribution in [-0.4, -0.2) is 40.8 Å². The average molecular weight is 316 g/mol. The van der Waals surface area contributed by atoms with E-state index in [2.05, 4.69) is 10.3 Å². The largest absolute Gasteiger partial charge is 0.349 e. The number of amides is 2. The van der Waals surface area contributed by atoms with Crippen molar-refractivity contribution in [2.75, 3.05) is 13.1 Å². The molecule has 1 aromatic rings. The summed E-state index contributed by atoms with van der Waals surface area (Å²) in [6, 6.07) is 1.56. The van der Waals surface area contributed by atoms with Crippen molar-refractivity contribution in [1.82, 2.24) is 15.2 Å². The van der Waals surface area contributed by atoms with Crippen molar-refractivity contribution in [2.45, 2.75) is 25.8 Å². The van der Waals surface area contributed by atoms with Gasteiger partial charge in [0.2, 0.25) is 5.91 Å². The average Bonchev–Trinajstić information content (AvgIpc) is 2.42. The van der Waals surface area contributed by atoms with Crippen molar-refractivity contribution >= 4 is 35.0 Å². The lowest BCUT2D eigenvalue weighted by Gasteiger charge is -2.31. The standard InChI is InChI=1S/C13H15Cl2N3O2/c1-8(19)18-4-2-10(3-5-18)17-13(20)9-6-11(14)12(15)16-7-9/h6-7,10H,2-5H2,1H3,(H,17,20). The highest BCUT2D eigenvalue weighted by Gasteiger charge is 2.22. The Morgan fingerprint density at radius 2 is 2.00 bits per heavy atom. The molecule has 1 saturated heterocycles. The molecule has 1 aromatic heterocycles. The topological polar surface area (TPSA) is 62.3 Å². The van der Waals surface area contributed by atoms with Crippen LogP contribution in [0.4, 0.5) is 0 Å². The third-order valence-corrected chi connectivity index (χ3v) is 4.02. The van der Waals surface area contributed by atoms with Crippen molar-refractivity contribution in [3.63, 3.8) is 0 Å². The highest BCUT2D eigenvalue weighted by atomic mass is 35.5. The molecule has 0 aliphatic carbocycles. The molecule has 5 nitrogen and oxygen atoms in total. The SMILES string of the molecule is CC(=O)N1CCC(NC(=O)c2cnc(Cl)c(Cl)c2)CC1. The molecule has 0 aromatic carbocycles. The van der Waals surface area contributed by atoms with Gasteiger partial charge in [0, 0.05) is 32.3 Å². The molecule has 0 bridgehead atoms. The molecule has 0 unspecified atom stereocenters. The van der Waals surface area contributed by atoms with E-state index in [1.807, 2.05) is 0 Å². The van der Waals surface area contributed by atoms with Gasteiger partial charge >= 0.3 is 0 Å². The fourth-order valence-electron chi connectivity index (χ4n) is 2.15. The lowest BCUT2D eigenvalue weighted by atomic mass is 10.0. The summed E-state index contributed by atoms with van der Waals surface area (Å²) in [5.74, 6) is -0.152. The predicted octanol–water partition coefficient (Wildman–Crippen LogP) is 2.13. The summed E-state index contributed by atoms with van der Waals surface area (Å²) >= 11 is 11.5. The Morgan fingerprint density at radius 1 is 1.35 bits per heavy atom. The Labute approximate surface area is 127 Å². The third-order valence-electron chi connectivity index (χ3n) is 3.33. The van der Waals surface area contributed by atoms with Crippen molar-refractivity contribution in [2.24, 2.45) is 0 Å². The van der Waals surface area contributed by atoms with Gasteiger partial charge in [0.25, 0.3) is 5.91 Å². The Hall–Kier alpha value is -1.33. The maximum absolute atomic E-state index is 12.1. The number of rotatable bonds is 2. The van der Waals surface area contributed by atoms with Gasteiger partial charge in [-0.05, 0) is 18.9 Å². The van der Waals surface area contributed by atoms with Gasteiger partial charge in [0.1, 0.15) is 5.15 Å². The van der Waals surface area contributed by atoms with Crippen LogP contribution in [0.1, 0.15) is 30.1 Å². The van der Waals surface area contributed by atoms with Crippen molar-refractivity contribution < 1.29 is 9.59 Å². The van der Waals surface area contributed by atoms with E-state index in [9.17, 15) is 9.59 Å². The maximum atomic E-state index is 12.1. The van der Waals surface area contributed by atoms with Crippen molar-refractivity contribution in [3.8, 4) is 0 Å². The Kier molecular flexibility index (Phi) is 4.83. The second kappa shape index (κ2) is 6.41. The highest BCUT2D eigenvalue weighted by Crippen LogP contribution is 2.20. The normalized spacial score (nSPS) is 16.1. The van der Waals surface area contributed by atoms with Gasteiger partial charge in [-0.15, -0.1) is 0 Å². The zero-order chi connectivity index (χ0) is 14.7.